The fourth-order valence-electron chi connectivity index (χ4n) is 4.27. The van der Waals surface area contributed by atoms with Gasteiger partial charge in [-0.15, -0.1) is 0 Å². The molecule has 3 rings (SSSR count). The highest BCUT2D eigenvalue weighted by Gasteiger charge is 2.54. The first-order valence-corrected chi connectivity index (χ1v) is 9.46. The van der Waals surface area contributed by atoms with Gasteiger partial charge in [-0.3, -0.25) is 14.5 Å². The molecule has 1 saturated carbocycles. The first-order chi connectivity index (χ1) is 13.0. The van der Waals surface area contributed by atoms with Crippen molar-refractivity contribution in [1.29, 1.82) is 0 Å². The van der Waals surface area contributed by atoms with Gasteiger partial charge in [0.05, 0.1) is 18.6 Å². The summed E-state index contributed by atoms with van der Waals surface area (Å²) in [5, 5.41) is 12.5. The SMILES string of the molecule is COCCOc1ccc(CNC(=O)CN2C[C@@H]3CCC[C@@]3(C(=O)O)C2)cc1. The average Bonchev–Trinajstić information content (AvgIpc) is 3.19. The Morgan fingerprint density at radius 3 is 2.74 bits per heavy atom. The molecule has 0 radical (unpaired) electrons. The Hall–Kier alpha value is -2.12. The highest BCUT2D eigenvalue weighted by molar-refractivity contribution is 5.79. The highest BCUT2D eigenvalue weighted by atomic mass is 16.5. The zero-order valence-corrected chi connectivity index (χ0v) is 15.8. The molecule has 7 nitrogen and oxygen atoms in total. The molecule has 148 valence electrons. The minimum Gasteiger partial charge on any atom is -0.491 e. The molecule has 1 heterocycles. The van der Waals surface area contributed by atoms with Gasteiger partial charge in [0.1, 0.15) is 12.4 Å². The topological polar surface area (TPSA) is 88.1 Å². The third kappa shape index (κ3) is 4.59. The van der Waals surface area contributed by atoms with E-state index in [1.54, 1.807) is 7.11 Å². The van der Waals surface area contributed by atoms with E-state index in [4.69, 9.17) is 9.47 Å². The average molecular weight is 376 g/mol. The van der Waals surface area contributed by atoms with E-state index in [-0.39, 0.29) is 18.4 Å². The number of hydrogen-bond donors (Lipinski definition) is 2. The van der Waals surface area contributed by atoms with Crippen molar-refractivity contribution in [1.82, 2.24) is 10.2 Å². The normalized spacial score (nSPS) is 24.6. The monoisotopic (exact) mass is 376 g/mol. The summed E-state index contributed by atoms with van der Waals surface area (Å²) in [5.41, 5.74) is 0.349. The van der Waals surface area contributed by atoms with Crippen LogP contribution in [0, 0.1) is 11.3 Å². The van der Waals surface area contributed by atoms with E-state index in [1.807, 2.05) is 29.2 Å². The molecule has 1 aliphatic carbocycles. The summed E-state index contributed by atoms with van der Waals surface area (Å²) in [5.74, 6) is 0.162. The largest absolute Gasteiger partial charge is 0.491 e. The molecule has 0 unspecified atom stereocenters. The molecule has 2 N–H and O–H groups in total. The number of fused-ring (bicyclic) bond motifs is 1. The second kappa shape index (κ2) is 8.71. The first kappa shape index (κ1) is 19.6. The Morgan fingerprint density at radius 2 is 2.07 bits per heavy atom. The molecule has 0 bridgehead atoms. The summed E-state index contributed by atoms with van der Waals surface area (Å²) in [6.07, 6.45) is 2.65. The predicted octanol–water partition coefficient (Wildman–Crippen LogP) is 1.51. The Balaban J connectivity index is 1.43. The van der Waals surface area contributed by atoms with Crippen molar-refractivity contribution in [2.45, 2.75) is 25.8 Å². The molecule has 1 saturated heterocycles. The van der Waals surface area contributed by atoms with Gasteiger partial charge < -0.3 is 19.9 Å². The second-order valence-electron chi connectivity index (χ2n) is 7.48. The number of nitrogens with one attached hydrogen (secondary N) is 1. The lowest BCUT2D eigenvalue weighted by molar-refractivity contribution is -0.149. The third-order valence-corrected chi connectivity index (χ3v) is 5.70. The molecule has 0 spiro atoms. The van der Waals surface area contributed by atoms with E-state index in [1.165, 1.54) is 0 Å². The number of ether oxygens (including phenoxy) is 2. The lowest BCUT2D eigenvalue weighted by Gasteiger charge is -2.23. The molecule has 2 fully saturated rings. The molecule has 1 amide bonds. The van der Waals surface area contributed by atoms with Crippen molar-refractivity contribution in [2.75, 3.05) is 40.0 Å². The van der Waals surface area contributed by atoms with Gasteiger partial charge in [-0.2, -0.15) is 0 Å². The Kier molecular flexibility index (Phi) is 6.34. The number of rotatable bonds is 9. The van der Waals surface area contributed by atoms with Gasteiger partial charge in [0.25, 0.3) is 0 Å². The van der Waals surface area contributed by atoms with Crippen molar-refractivity contribution in [3.8, 4) is 5.75 Å². The first-order valence-electron chi connectivity index (χ1n) is 9.46. The lowest BCUT2D eigenvalue weighted by atomic mass is 9.81. The molecule has 2 atom stereocenters. The van der Waals surface area contributed by atoms with Crippen LogP contribution in [0.4, 0.5) is 0 Å². The summed E-state index contributed by atoms with van der Waals surface area (Å²) in [4.78, 5) is 26.0. The maximum Gasteiger partial charge on any atom is 0.311 e. The van der Waals surface area contributed by atoms with Crippen LogP contribution in [-0.4, -0.2) is 61.8 Å². The van der Waals surface area contributed by atoms with Crippen LogP contribution in [0.2, 0.25) is 0 Å². The summed E-state index contributed by atoms with van der Waals surface area (Å²) < 4.78 is 10.5. The zero-order valence-electron chi connectivity index (χ0n) is 15.8. The number of nitrogens with zero attached hydrogens (tertiary/aromatic N) is 1. The van der Waals surface area contributed by atoms with E-state index in [0.717, 1.165) is 30.6 Å². The van der Waals surface area contributed by atoms with Gasteiger partial charge in [0.2, 0.25) is 5.91 Å². The van der Waals surface area contributed by atoms with Crippen LogP contribution >= 0.6 is 0 Å². The molecular formula is C20H28N2O5. The number of carboxylic acid groups (broad SMARTS) is 1. The van der Waals surface area contributed by atoms with Crippen LogP contribution in [-0.2, 0) is 20.9 Å². The molecular weight excluding hydrogens is 348 g/mol. The standard InChI is InChI=1S/C20H28N2O5/c1-26-9-10-27-17-6-4-15(5-7-17)11-21-18(23)13-22-12-16-3-2-8-20(16,14-22)19(24)25/h4-7,16H,2-3,8-14H2,1H3,(H,21,23)(H,24,25)/t16-,20+/m0/s1. The number of likely N-dealkylation sites (tertiary alicyclic amines) is 1. The number of aliphatic carboxylic acids is 1. The van der Waals surface area contributed by atoms with E-state index in [2.05, 4.69) is 5.32 Å². The van der Waals surface area contributed by atoms with Crippen LogP contribution < -0.4 is 10.1 Å². The molecule has 1 aromatic rings. The van der Waals surface area contributed by atoms with Gasteiger partial charge in [0, 0.05) is 26.7 Å². The number of methoxy groups -OCH3 is 1. The van der Waals surface area contributed by atoms with Gasteiger partial charge in [0.15, 0.2) is 0 Å². The van der Waals surface area contributed by atoms with Crippen molar-refractivity contribution >= 4 is 11.9 Å². The third-order valence-electron chi connectivity index (χ3n) is 5.70. The number of carboxylic acids is 1. The lowest BCUT2D eigenvalue weighted by Crippen LogP contribution is -2.39. The summed E-state index contributed by atoms with van der Waals surface area (Å²) in [7, 11) is 1.63. The number of carbonyl (C=O) groups excluding carboxylic acids is 1. The maximum absolute atomic E-state index is 12.3. The summed E-state index contributed by atoms with van der Waals surface area (Å²) in [6, 6.07) is 7.58. The summed E-state index contributed by atoms with van der Waals surface area (Å²) >= 11 is 0. The fourth-order valence-corrected chi connectivity index (χ4v) is 4.27. The Labute approximate surface area is 159 Å². The molecule has 7 heteroatoms. The van der Waals surface area contributed by atoms with Crippen molar-refractivity contribution in [3.05, 3.63) is 29.8 Å². The Bertz CT molecular complexity index is 663. The number of amides is 1. The van der Waals surface area contributed by atoms with Crippen molar-refractivity contribution in [3.63, 3.8) is 0 Å². The van der Waals surface area contributed by atoms with Crippen LogP contribution in [0.3, 0.4) is 0 Å². The van der Waals surface area contributed by atoms with Gasteiger partial charge in [-0.05, 0) is 36.5 Å². The zero-order chi connectivity index (χ0) is 19.3. The smallest absolute Gasteiger partial charge is 0.311 e. The highest BCUT2D eigenvalue weighted by Crippen LogP contribution is 2.48. The van der Waals surface area contributed by atoms with Crippen LogP contribution in [0.25, 0.3) is 0 Å². The van der Waals surface area contributed by atoms with Gasteiger partial charge >= 0.3 is 5.97 Å². The van der Waals surface area contributed by atoms with E-state index < -0.39 is 11.4 Å². The van der Waals surface area contributed by atoms with Crippen molar-refractivity contribution < 1.29 is 24.2 Å². The minimum atomic E-state index is -0.708. The van der Waals surface area contributed by atoms with Crippen molar-refractivity contribution in [2.24, 2.45) is 11.3 Å². The van der Waals surface area contributed by atoms with E-state index in [9.17, 15) is 14.7 Å². The molecule has 1 aliphatic heterocycles. The molecule has 0 aromatic heterocycles. The molecule has 2 aliphatic rings. The predicted molar refractivity (Wildman–Crippen MR) is 99.5 cm³/mol. The maximum atomic E-state index is 12.3. The van der Waals surface area contributed by atoms with E-state index >= 15 is 0 Å². The van der Waals surface area contributed by atoms with Gasteiger partial charge in [-0.25, -0.2) is 0 Å². The number of carbonyl (C=O) groups is 2. The van der Waals surface area contributed by atoms with E-state index in [0.29, 0.717) is 32.8 Å². The van der Waals surface area contributed by atoms with Crippen LogP contribution in [0.5, 0.6) is 5.75 Å². The fraction of sp³-hybridized carbons (Fsp3) is 0.600. The van der Waals surface area contributed by atoms with Gasteiger partial charge in [-0.1, -0.05) is 18.6 Å². The number of hydrogen-bond acceptors (Lipinski definition) is 5. The quantitative estimate of drug-likeness (QED) is 0.636. The second-order valence-corrected chi connectivity index (χ2v) is 7.48. The number of benzene rings is 1. The Morgan fingerprint density at radius 1 is 1.30 bits per heavy atom. The van der Waals surface area contributed by atoms with Crippen LogP contribution in [0.15, 0.2) is 24.3 Å². The minimum absolute atomic E-state index is 0.0732. The molecule has 1 aromatic carbocycles. The molecule has 27 heavy (non-hydrogen) atoms. The summed E-state index contributed by atoms with van der Waals surface area (Å²) in [6.45, 7) is 2.92. The van der Waals surface area contributed by atoms with Crippen LogP contribution in [0.1, 0.15) is 24.8 Å².